The molecule has 0 unspecified atom stereocenters. The largest absolute Gasteiger partial charge is 0.491 e. The molecule has 0 aliphatic heterocycles. The zero-order valence-corrected chi connectivity index (χ0v) is 18.6. The van der Waals surface area contributed by atoms with E-state index in [9.17, 15) is 19.3 Å². The van der Waals surface area contributed by atoms with Crippen molar-refractivity contribution in [2.75, 3.05) is 27.9 Å². The third kappa shape index (κ3) is 4.41. The Morgan fingerprint density at radius 1 is 1.25 bits per heavy atom. The number of ether oxygens (including phenoxy) is 4. The van der Waals surface area contributed by atoms with Crippen molar-refractivity contribution in [1.82, 2.24) is 0 Å². The second-order valence-electron chi connectivity index (χ2n) is 7.45. The van der Waals surface area contributed by atoms with Crippen molar-refractivity contribution in [2.45, 2.75) is 31.0 Å². The summed E-state index contributed by atoms with van der Waals surface area (Å²) in [6.07, 6.45) is 1.50. The van der Waals surface area contributed by atoms with Crippen LogP contribution in [0.15, 0.2) is 30.3 Å². The second-order valence-corrected chi connectivity index (χ2v) is 7.89. The maximum atomic E-state index is 14.3. The van der Waals surface area contributed by atoms with Gasteiger partial charge in [-0.1, -0.05) is 17.7 Å². The lowest BCUT2D eigenvalue weighted by molar-refractivity contribution is -0.387. The van der Waals surface area contributed by atoms with Crippen LogP contribution < -0.4 is 4.74 Å². The second kappa shape index (κ2) is 9.81. The van der Waals surface area contributed by atoms with E-state index >= 15 is 0 Å². The van der Waals surface area contributed by atoms with Gasteiger partial charge in [-0.2, -0.15) is 4.39 Å². The number of nitro groups is 1. The highest BCUT2D eigenvalue weighted by Gasteiger charge is 2.45. The predicted molar refractivity (Wildman–Crippen MR) is 114 cm³/mol. The number of esters is 1. The first-order valence-electron chi connectivity index (χ1n) is 9.81. The summed E-state index contributed by atoms with van der Waals surface area (Å²) in [5.41, 5.74) is 0.0113. The first-order chi connectivity index (χ1) is 15.3. The van der Waals surface area contributed by atoms with Gasteiger partial charge in [0.1, 0.15) is 17.9 Å². The molecule has 0 saturated heterocycles. The Bertz CT molecular complexity index is 1030. The molecule has 0 heterocycles. The van der Waals surface area contributed by atoms with Gasteiger partial charge in [-0.25, -0.2) is 4.79 Å². The Balaban J connectivity index is 2.07. The van der Waals surface area contributed by atoms with Gasteiger partial charge in [-0.15, -0.1) is 0 Å². The molecule has 1 atom stereocenters. The number of carbonyl (C=O) groups is 1. The van der Waals surface area contributed by atoms with Gasteiger partial charge < -0.3 is 18.9 Å². The van der Waals surface area contributed by atoms with Gasteiger partial charge in [0.15, 0.2) is 6.29 Å². The van der Waals surface area contributed by atoms with Crippen molar-refractivity contribution in [3.05, 3.63) is 68.0 Å². The van der Waals surface area contributed by atoms with E-state index < -0.39 is 34.1 Å². The number of aryl methyl sites for hydroxylation is 1. The molecule has 0 N–H and O–H groups in total. The molecule has 1 aliphatic rings. The number of carbonyl (C=O) groups excluding carboxylic acids is 1. The summed E-state index contributed by atoms with van der Waals surface area (Å²) in [6.45, 7) is -0.0464. The number of hydrogen-bond donors (Lipinski definition) is 0. The monoisotopic (exact) mass is 467 g/mol. The molecule has 0 amide bonds. The molecule has 0 aromatic heterocycles. The Hall–Kier alpha value is -2.75. The zero-order valence-electron chi connectivity index (χ0n) is 17.9. The van der Waals surface area contributed by atoms with Crippen LogP contribution in [0.25, 0.3) is 0 Å². The fraction of sp³-hybridized carbons (Fsp3) is 0.409. The molecule has 32 heavy (non-hydrogen) atoms. The highest BCUT2D eigenvalue weighted by molar-refractivity contribution is 6.30. The Morgan fingerprint density at radius 3 is 2.59 bits per heavy atom. The number of benzene rings is 2. The Labute approximate surface area is 189 Å². The number of halogens is 2. The molecule has 1 aliphatic carbocycles. The fourth-order valence-electron chi connectivity index (χ4n) is 4.27. The number of methoxy groups -OCH3 is 3. The molecule has 8 nitrogen and oxygen atoms in total. The number of fused-ring (bicyclic) bond motifs is 1. The predicted octanol–water partition coefficient (Wildman–Crippen LogP) is 4.45. The van der Waals surface area contributed by atoms with Crippen molar-refractivity contribution in [2.24, 2.45) is 0 Å². The van der Waals surface area contributed by atoms with Crippen LogP contribution in [0.2, 0.25) is 5.02 Å². The molecule has 0 radical (unpaired) electrons. The number of nitro benzene ring substituents is 1. The molecular formula is C22H23ClFNO7. The summed E-state index contributed by atoms with van der Waals surface area (Å²) < 4.78 is 36.2. The van der Waals surface area contributed by atoms with Crippen LogP contribution in [0, 0.1) is 15.9 Å². The lowest BCUT2D eigenvalue weighted by Crippen LogP contribution is -2.49. The molecule has 10 heteroatoms. The highest BCUT2D eigenvalue weighted by Crippen LogP contribution is 2.43. The van der Waals surface area contributed by atoms with Crippen molar-refractivity contribution in [3.8, 4) is 5.75 Å². The molecule has 0 fully saturated rings. The lowest BCUT2D eigenvalue weighted by Gasteiger charge is -2.43. The van der Waals surface area contributed by atoms with E-state index in [1.807, 2.05) is 12.1 Å². The maximum Gasteiger partial charge on any atom is 0.341 e. The molecule has 0 saturated carbocycles. The normalized spacial score (nSPS) is 17.7. The minimum Gasteiger partial charge on any atom is -0.491 e. The summed E-state index contributed by atoms with van der Waals surface area (Å²) in [4.78, 5) is 22.4. The lowest BCUT2D eigenvalue weighted by atomic mass is 9.69. The van der Waals surface area contributed by atoms with Gasteiger partial charge in [0.25, 0.3) is 0 Å². The minimum atomic E-state index is -1.13. The zero-order chi connectivity index (χ0) is 23.5. The van der Waals surface area contributed by atoms with E-state index in [1.165, 1.54) is 14.2 Å². The van der Waals surface area contributed by atoms with Crippen molar-refractivity contribution in [3.63, 3.8) is 0 Å². The maximum absolute atomic E-state index is 14.3. The van der Waals surface area contributed by atoms with Crippen LogP contribution in [-0.2, 0) is 26.0 Å². The van der Waals surface area contributed by atoms with Gasteiger partial charge in [0.05, 0.1) is 17.4 Å². The standard InChI is InChI=1S/C22H23ClFNO7/c1-29-20(26)15-10-18(25(27)28)17(24)11-19(15)32-12-22(21(30-2)31-3)8-4-5-13-9-14(23)6-7-16(13)22/h6-7,9-11,21H,4-5,8,12H2,1-3H3/t22-/m0/s1. The van der Waals surface area contributed by atoms with Crippen molar-refractivity contribution in [1.29, 1.82) is 0 Å². The van der Waals surface area contributed by atoms with Crippen LogP contribution in [0.5, 0.6) is 5.75 Å². The van der Waals surface area contributed by atoms with Crippen LogP contribution >= 0.6 is 11.6 Å². The van der Waals surface area contributed by atoms with Crippen molar-refractivity contribution >= 4 is 23.3 Å². The molecule has 0 spiro atoms. The first-order valence-corrected chi connectivity index (χ1v) is 10.2. The van der Waals surface area contributed by atoms with Crippen LogP contribution in [0.1, 0.15) is 34.3 Å². The molecule has 0 bridgehead atoms. The van der Waals surface area contributed by atoms with Gasteiger partial charge >= 0.3 is 11.7 Å². The fourth-order valence-corrected chi connectivity index (χ4v) is 4.47. The molecule has 2 aromatic carbocycles. The summed E-state index contributed by atoms with van der Waals surface area (Å²) in [5.74, 6) is -2.19. The van der Waals surface area contributed by atoms with E-state index in [0.29, 0.717) is 11.4 Å². The average Bonchev–Trinajstić information content (AvgIpc) is 2.77. The number of rotatable bonds is 8. The summed E-state index contributed by atoms with van der Waals surface area (Å²) in [7, 11) is 4.13. The summed E-state index contributed by atoms with van der Waals surface area (Å²) in [6, 6.07) is 7.13. The van der Waals surface area contributed by atoms with Gasteiger partial charge in [0.2, 0.25) is 5.82 Å². The van der Waals surface area contributed by atoms with Crippen molar-refractivity contribution < 1.29 is 33.1 Å². The molecule has 3 rings (SSSR count). The van der Waals surface area contributed by atoms with E-state index in [-0.39, 0.29) is 17.9 Å². The van der Waals surface area contributed by atoms with Gasteiger partial charge in [0, 0.05) is 31.4 Å². The summed E-state index contributed by atoms with van der Waals surface area (Å²) in [5, 5.41) is 11.7. The van der Waals surface area contributed by atoms with Gasteiger partial charge in [-0.3, -0.25) is 10.1 Å². The Morgan fingerprint density at radius 2 is 1.97 bits per heavy atom. The highest BCUT2D eigenvalue weighted by atomic mass is 35.5. The third-order valence-corrected chi connectivity index (χ3v) is 5.92. The third-order valence-electron chi connectivity index (χ3n) is 5.69. The van der Waals surface area contributed by atoms with Crippen LogP contribution in [0.3, 0.4) is 0 Å². The quantitative estimate of drug-likeness (QED) is 0.245. The molecular weight excluding hydrogens is 445 g/mol. The minimum absolute atomic E-state index is 0.0464. The topological polar surface area (TPSA) is 97.1 Å². The van der Waals surface area contributed by atoms with E-state index in [0.717, 1.165) is 43.2 Å². The molecule has 2 aromatic rings. The van der Waals surface area contributed by atoms with E-state index in [4.69, 9.17) is 30.5 Å². The SMILES string of the molecule is COC(=O)c1cc([N+](=O)[O-])c(F)cc1OC[C@@]1(C(OC)OC)CCCc2cc(Cl)ccc21. The smallest absolute Gasteiger partial charge is 0.341 e. The number of hydrogen-bond acceptors (Lipinski definition) is 7. The average molecular weight is 468 g/mol. The van der Waals surface area contributed by atoms with Gasteiger partial charge in [-0.05, 0) is 42.5 Å². The number of nitrogens with zero attached hydrogens (tertiary/aromatic N) is 1. The summed E-state index contributed by atoms with van der Waals surface area (Å²) >= 11 is 6.18. The van der Waals surface area contributed by atoms with E-state index in [1.54, 1.807) is 6.07 Å². The first kappa shape index (κ1) is 23.9. The van der Waals surface area contributed by atoms with Crippen LogP contribution in [0.4, 0.5) is 10.1 Å². The molecule has 172 valence electrons. The van der Waals surface area contributed by atoms with E-state index in [2.05, 4.69) is 0 Å². The Kier molecular flexibility index (Phi) is 7.33. The van der Waals surface area contributed by atoms with Crippen LogP contribution in [-0.4, -0.2) is 45.1 Å².